The highest BCUT2D eigenvalue weighted by atomic mass is 79.9. The smallest absolute Gasteiger partial charge is 0.0499 e. The van der Waals surface area contributed by atoms with Crippen molar-refractivity contribution >= 4 is 33.2 Å². The normalized spacial score (nSPS) is 9.92. The summed E-state index contributed by atoms with van der Waals surface area (Å²) in [6, 6.07) is 5.73. The molecule has 0 aromatic heterocycles. The van der Waals surface area contributed by atoms with Crippen LogP contribution in [0.25, 0.3) is 0 Å². The molecule has 0 bridgehead atoms. The van der Waals surface area contributed by atoms with Gasteiger partial charge in [-0.1, -0.05) is 18.5 Å². The van der Waals surface area contributed by atoms with Crippen LogP contribution in [0.4, 0.5) is 5.69 Å². The highest BCUT2D eigenvalue weighted by molar-refractivity contribution is 9.10. The van der Waals surface area contributed by atoms with E-state index in [0.717, 1.165) is 28.1 Å². The van der Waals surface area contributed by atoms with E-state index < -0.39 is 0 Å². The summed E-state index contributed by atoms with van der Waals surface area (Å²) in [5.74, 6) is 0. The van der Waals surface area contributed by atoms with Crippen LogP contribution < -0.4 is 5.32 Å². The number of hydrogen-bond donors (Lipinski definition) is 1. The second kappa shape index (κ2) is 4.73. The molecule has 1 rings (SSSR count). The molecule has 0 radical (unpaired) electrons. The number of rotatable bonds is 3. The molecule has 1 N–H and O–H groups in total. The zero-order valence-electron chi connectivity index (χ0n) is 6.90. The first-order valence-corrected chi connectivity index (χ1v) is 5.10. The second-order valence-corrected chi connectivity index (χ2v) is 3.84. The summed E-state index contributed by atoms with van der Waals surface area (Å²) in [4.78, 5) is 0. The van der Waals surface area contributed by atoms with Gasteiger partial charge >= 0.3 is 0 Å². The number of hydrogen-bond acceptors (Lipinski definition) is 1. The summed E-state index contributed by atoms with van der Waals surface area (Å²) >= 11 is 9.27. The van der Waals surface area contributed by atoms with Crippen molar-refractivity contribution in [2.45, 2.75) is 13.3 Å². The summed E-state index contributed by atoms with van der Waals surface area (Å²) in [6.45, 7) is 3.10. The Kier molecular flexibility index (Phi) is 3.89. The van der Waals surface area contributed by atoms with E-state index in [9.17, 15) is 0 Å². The SMILES string of the molecule is CCCNc1cc(Cl)ccc1Br. The topological polar surface area (TPSA) is 12.0 Å². The second-order valence-electron chi connectivity index (χ2n) is 2.55. The van der Waals surface area contributed by atoms with Crippen LogP contribution in [-0.4, -0.2) is 6.54 Å². The molecule has 0 spiro atoms. The Hall–Kier alpha value is -0.210. The third-order valence-corrected chi connectivity index (χ3v) is 2.42. The largest absolute Gasteiger partial charge is 0.384 e. The minimum atomic E-state index is 0.761. The van der Waals surface area contributed by atoms with E-state index in [2.05, 4.69) is 28.2 Å². The lowest BCUT2D eigenvalue weighted by Gasteiger charge is -2.06. The molecule has 1 aromatic carbocycles. The van der Waals surface area contributed by atoms with Crippen molar-refractivity contribution in [2.24, 2.45) is 0 Å². The molecule has 1 aromatic rings. The number of nitrogens with one attached hydrogen (secondary N) is 1. The Balaban J connectivity index is 2.75. The highest BCUT2D eigenvalue weighted by Crippen LogP contribution is 2.25. The predicted octanol–water partition coefficient (Wildman–Crippen LogP) is 3.92. The standard InChI is InChI=1S/C9H11BrClN/c1-2-5-12-9-6-7(11)3-4-8(9)10/h3-4,6,12H,2,5H2,1H3. The fourth-order valence-corrected chi connectivity index (χ4v) is 1.45. The fourth-order valence-electron chi connectivity index (χ4n) is 0.893. The van der Waals surface area contributed by atoms with E-state index in [1.165, 1.54) is 0 Å². The van der Waals surface area contributed by atoms with Gasteiger partial charge in [-0.2, -0.15) is 0 Å². The molecule has 0 aliphatic rings. The first-order valence-electron chi connectivity index (χ1n) is 3.93. The Morgan fingerprint density at radius 1 is 1.50 bits per heavy atom. The molecular weight excluding hydrogens is 237 g/mol. The van der Waals surface area contributed by atoms with Gasteiger partial charge in [0.25, 0.3) is 0 Å². The monoisotopic (exact) mass is 247 g/mol. The van der Waals surface area contributed by atoms with E-state index in [1.807, 2.05) is 18.2 Å². The van der Waals surface area contributed by atoms with Crippen LogP contribution >= 0.6 is 27.5 Å². The summed E-state index contributed by atoms with van der Waals surface area (Å²) in [7, 11) is 0. The Labute approximate surface area is 86.2 Å². The van der Waals surface area contributed by atoms with Gasteiger partial charge in [-0.3, -0.25) is 0 Å². The van der Waals surface area contributed by atoms with Gasteiger partial charge in [-0.15, -0.1) is 0 Å². The van der Waals surface area contributed by atoms with Crippen LogP contribution in [0.1, 0.15) is 13.3 Å². The lowest BCUT2D eigenvalue weighted by molar-refractivity contribution is 0.979. The van der Waals surface area contributed by atoms with Gasteiger partial charge in [-0.25, -0.2) is 0 Å². The van der Waals surface area contributed by atoms with Crippen molar-refractivity contribution in [3.8, 4) is 0 Å². The molecule has 0 saturated heterocycles. The third kappa shape index (κ3) is 2.68. The average molecular weight is 249 g/mol. The zero-order chi connectivity index (χ0) is 8.97. The van der Waals surface area contributed by atoms with Gasteiger partial charge < -0.3 is 5.32 Å². The summed E-state index contributed by atoms with van der Waals surface area (Å²) in [6.07, 6.45) is 1.11. The molecule has 0 aliphatic carbocycles. The summed E-state index contributed by atoms with van der Waals surface area (Å²) < 4.78 is 1.06. The van der Waals surface area contributed by atoms with Crippen molar-refractivity contribution in [3.63, 3.8) is 0 Å². The Morgan fingerprint density at radius 3 is 2.92 bits per heavy atom. The maximum Gasteiger partial charge on any atom is 0.0499 e. The predicted molar refractivity (Wildman–Crippen MR) is 57.9 cm³/mol. The van der Waals surface area contributed by atoms with Crippen LogP contribution in [0.3, 0.4) is 0 Å². The van der Waals surface area contributed by atoms with Crippen LogP contribution in [0, 0.1) is 0 Å². The van der Waals surface area contributed by atoms with Crippen LogP contribution in [0.5, 0.6) is 0 Å². The number of benzene rings is 1. The van der Waals surface area contributed by atoms with Gasteiger partial charge in [-0.05, 0) is 40.5 Å². The van der Waals surface area contributed by atoms with E-state index in [0.29, 0.717) is 0 Å². The molecule has 3 heteroatoms. The third-order valence-electron chi connectivity index (χ3n) is 1.49. The number of halogens is 2. The highest BCUT2D eigenvalue weighted by Gasteiger charge is 1.98. The quantitative estimate of drug-likeness (QED) is 0.855. The van der Waals surface area contributed by atoms with Crippen molar-refractivity contribution in [2.75, 3.05) is 11.9 Å². The lowest BCUT2D eigenvalue weighted by atomic mass is 10.3. The molecule has 12 heavy (non-hydrogen) atoms. The van der Waals surface area contributed by atoms with Gasteiger partial charge in [0, 0.05) is 21.7 Å². The van der Waals surface area contributed by atoms with Gasteiger partial charge in [0.05, 0.1) is 0 Å². The minimum absolute atomic E-state index is 0.761. The molecule has 0 heterocycles. The molecule has 0 fully saturated rings. The molecule has 1 nitrogen and oxygen atoms in total. The minimum Gasteiger partial charge on any atom is -0.384 e. The molecule has 0 aliphatic heterocycles. The Morgan fingerprint density at radius 2 is 2.25 bits per heavy atom. The maximum atomic E-state index is 5.83. The first kappa shape index (κ1) is 9.87. The molecule has 0 saturated carbocycles. The van der Waals surface area contributed by atoms with Gasteiger partial charge in [0.1, 0.15) is 0 Å². The van der Waals surface area contributed by atoms with E-state index in [4.69, 9.17) is 11.6 Å². The molecular formula is C9H11BrClN. The Bertz CT molecular complexity index is 263. The van der Waals surface area contributed by atoms with Crippen molar-refractivity contribution in [1.82, 2.24) is 0 Å². The molecule has 0 unspecified atom stereocenters. The fraction of sp³-hybridized carbons (Fsp3) is 0.333. The molecule has 0 amide bonds. The van der Waals surface area contributed by atoms with Crippen LogP contribution in [-0.2, 0) is 0 Å². The van der Waals surface area contributed by atoms with Crippen molar-refractivity contribution in [3.05, 3.63) is 27.7 Å². The van der Waals surface area contributed by atoms with Crippen molar-refractivity contribution < 1.29 is 0 Å². The van der Waals surface area contributed by atoms with Crippen LogP contribution in [0.2, 0.25) is 5.02 Å². The average Bonchev–Trinajstić information content (AvgIpc) is 2.07. The zero-order valence-corrected chi connectivity index (χ0v) is 9.24. The van der Waals surface area contributed by atoms with Crippen LogP contribution in [0.15, 0.2) is 22.7 Å². The van der Waals surface area contributed by atoms with E-state index >= 15 is 0 Å². The molecule has 66 valence electrons. The van der Waals surface area contributed by atoms with Gasteiger partial charge in [0.2, 0.25) is 0 Å². The number of anilines is 1. The maximum absolute atomic E-state index is 5.83. The first-order chi connectivity index (χ1) is 5.74. The van der Waals surface area contributed by atoms with Gasteiger partial charge in [0.15, 0.2) is 0 Å². The summed E-state index contributed by atoms with van der Waals surface area (Å²) in [5, 5.41) is 4.03. The van der Waals surface area contributed by atoms with E-state index in [1.54, 1.807) is 0 Å². The van der Waals surface area contributed by atoms with Crippen molar-refractivity contribution in [1.29, 1.82) is 0 Å². The summed E-state index contributed by atoms with van der Waals surface area (Å²) in [5.41, 5.74) is 1.06. The lowest BCUT2D eigenvalue weighted by Crippen LogP contribution is -1.99. The molecule has 0 atom stereocenters. The van der Waals surface area contributed by atoms with E-state index in [-0.39, 0.29) is 0 Å².